The van der Waals surface area contributed by atoms with Crippen LogP contribution >= 0.6 is 31.9 Å². The van der Waals surface area contributed by atoms with Crippen LogP contribution in [-0.2, 0) is 20.9 Å². The molecule has 1 rings (SSSR count). The largest absolute Gasteiger partial charge is 0.504 e. The third kappa shape index (κ3) is 4.38. The van der Waals surface area contributed by atoms with Crippen molar-refractivity contribution in [1.82, 2.24) is 5.32 Å². The zero-order valence-electron chi connectivity index (χ0n) is 10.6. The predicted octanol–water partition coefficient (Wildman–Crippen LogP) is 2.19. The van der Waals surface area contributed by atoms with Gasteiger partial charge < -0.3 is 20.3 Å². The molecule has 1 aromatic carbocycles. The molecule has 0 saturated carbocycles. The van der Waals surface area contributed by atoms with Gasteiger partial charge in [0.2, 0.25) is 5.91 Å². The number of amides is 1. The molecule has 0 spiro atoms. The number of halogens is 2. The van der Waals surface area contributed by atoms with Gasteiger partial charge in [-0.25, -0.2) is 0 Å². The number of ether oxygens (including phenoxy) is 1. The number of carbonyl (C=O) groups is 2. The lowest BCUT2D eigenvalue weighted by atomic mass is 10.2. The molecule has 0 atom stereocenters. The van der Waals surface area contributed by atoms with Crippen molar-refractivity contribution in [3.05, 3.63) is 20.6 Å². The zero-order chi connectivity index (χ0) is 15.3. The van der Waals surface area contributed by atoms with Crippen molar-refractivity contribution in [2.45, 2.75) is 19.4 Å². The van der Waals surface area contributed by atoms with Gasteiger partial charge in [0.1, 0.15) is 0 Å². The quantitative estimate of drug-likeness (QED) is 0.510. The molecular formula is C12H13Br2NO5. The summed E-state index contributed by atoms with van der Waals surface area (Å²) in [4.78, 5) is 22.4. The SMILES string of the molecule is COC(=O)CCC(=O)NCc1cc(O)c(O)c(Br)c1Br. The Labute approximate surface area is 132 Å². The second kappa shape index (κ2) is 7.49. The minimum Gasteiger partial charge on any atom is -0.504 e. The number of hydrogen-bond acceptors (Lipinski definition) is 5. The van der Waals surface area contributed by atoms with Crippen LogP contribution in [0.5, 0.6) is 11.5 Å². The van der Waals surface area contributed by atoms with Gasteiger partial charge in [0.05, 0.1) is 18.0 Å². The summed E-state index contributed by atoms with van der Waals surface area (Å²) in [5, 5.41) is 21.6. The molecule has 1 amide bonds. The van der Waals surface area contributed by atoms with E-state index in [0.29, 0.717) is 14.5 Å². The van der Waals surface area contributed by atoms with Crippen molar-refractivity contribution in [3.8, 4) is 11.5 Å². The monoisotopic (exact) mass is 409 g/mol. The van der Waals surface area contributed by atoms with E-state index in [1.54, 1.807) is 0 Å². The van der Waals surface area contributed by atoms with Crippen LogP contribution in [0.3, 0.4) is 0 Å². The maximum atomic E-state index is 11.5. The number of nitrogens with one attached hydrogen (secondary N) is 1. The minimum atomic E-state index is -0.452. The topological polar surface area (TPSA) is 95.9 Å². The molecule has 110 valence electrons. The van der Waals surface area contributed by atoms with Crippen molar-refractivity contribution in [3.63, 3.8) is 0 Å². The molecule has 0 saturated heterocycles. The first-order valence-electron chi connectivity index (χ1n) is 5.59. The normalized spacial score (nSPS) is 10.2. The molecule has 0 aliphatic rings. The number of phenolic OH excluding ortho intramolecular Hbond substituents is 2. The molecule has 8 heteroatoms. The Bertz CT molecular complexity index is 533. The third-order valence-electron chi connectivity index (χ3n) is 2.50. The zero-order valence-corrected chi connectivity index (χ0v) is 13.7. The van der Waals surface area contributed by atoms with Gasteiger partial charge in [0.15, 0.2) is 11.5 Å². The van der Waals surface area contributed by atoms with Crippen LogP contribution in [0.25, 0.3) is 0 Å². The Morgan fingerprint density at radius 1 is 1.25 bits per heavy atom. The van der Waals surface area contributed by atoms with Gasteiger partial charge in [-0.1, -0.05) is 0 Å². The molecule has 3 N–H and O–H groups in total. The Hall–Kier alpha value is -1.28. The Kier molecular flexibility index (Phi) is 6.28. The van der Waals surface area contributed by atoms with Crippen LogP contribution in [0.2, 0.25) is 0 Å². The lowest BCUT2D eigenvalue weighted by Gasteiger charge is -2.10. The summed E-state index contributed by atoms with van der Waals surface area (Å²) in [6.45, 7) is 0.146. The maximum absolute atomic E-state index is 11.5. The number of phenols is 2. The average Bonchev–Trinajstić information content (AvgIpc) is 2.44. The fraction of sp³-hybridized carbons (Fsp3) is 0.333. The lowest BCUT2D eigenvalue weighted by molar-refractivity contribution is -0.142. The fourth-order valence-electron chi connectivity index (χ4n) is 1.38. The Balaban J connectivity index is 2.62. The van der Waals surface area contributed by atoms with Crippen LogP contribution in [0.1, 0.15) is 18.4 Å². The van der Waals surface area contributed by atoms with Gasteiger partial charge in [0.25, 0.3) is 0 Å². The van der Waals surface area contributed by atoms with Crippen molar-refractivity contribution >= 4 is 43.7 Å². The molecule has 0 aliphatic carbocycles. The van der Waals surface area contributed by atoms with E-state index in [1.165, 1.54) is 13.2 Å². The first-order valence-corrected chi connectivity index (χ1v) is 7.17. The predicted molar refractivity (Wildman–Crippen MR) is 78.3 cm³/mol. The van der Waals surface area contributed by atoms with Gasteiger partial charge in [-0.2, -0.15) is 0 Å². The number of methoxy groups -OCH3 is 1. The molecule has 0 unspecified atom stereocenters. The number of benzene rings is 1. The lowest BCUT2D eigenvalue weighted by Crippen LogP contribution is -2.23. The highest BCUT2D eigenvalue weighted by molar-refractivity contribution is 9.13. The first kappa shape index (κ1) is 16.8. The highest BCUT2D eigenvalue weighted by atomic mass is 79.9. The summed E-state index contributed by atoms with van der Waals surface area (Å²) in [6.07, 6.45) is 0.0313. The summed E-state index contributed by atoms with van der Waals surface area (Å²) < 4.78 is 5.26. The van der Waals surface area contributed by atoms with E-state index in [0.717, 1.165) is 0 Å². The Morgan fingerprint density at radius 2 is 1.90 bits per heavy atom. The van der Waals surface area contributed by atoms with Gasteiger partial charge in [-0.15, -0.1) is 0 Å². The maximum Gasteiger partial charge on any atom is 0.306 e. The van der Waals surface area contributed by atoms with Crippen LogP contribution in [0, 0.1) is 0 Å². The van der Waals surface area contributed by atoms with Gasteiger partial charge in [-0.3, -0.25) is 9.59 Å². The number of hydrogen-bond donors (Lipinski definition) is 3. The van der Waals surface area contributed by atoms with Crippen LogP contribution in [0.15, 0.2) is 15.0 Å². The van der Waals surface area contributed by atoms with Gasteiger partial charge in [0, 0.05) is 17.4 Å². The highest BCUT2D eigenvalue weighted by Crippen LogP contribution is 2.40. The van der Waals surface area contributed by atoms with Gasteiger partial charge in [-0.05, 0) is 43.5 Å². The van der Waals surface area contributed by atoms with E-state index in [-0.39, 0.29) is 36.8 Å². The molecular weight excluding hydrogens is 398 g/mol. The summed E-state index contributed by atoms with van der Waals surface area (Å²) in [5.74, 6) is -1.34. The first-order chi connectivity index (χ1) is 9.36. The van der Waals surface area contributed by atoms with Gasteiger partial charge >= 0.3 is 5.97 Å². The molecule has 0 radical (unpaired) electrons. The van der Waals surface area contributed by atoms with E-state index in [1.807, 2.05) is 0 Å². The van der Waals surface area contributed by atoms with Crippen LogP contribution in [0.4, 0.5) is 0 Å². The third-order valence-corrected chi connectivity index (χ3v) is 4.71. The molecule has 1 aromatic rings. The minimum absolute atomic E-state index is 0.00796. The molecule has 0 aliphatic heterocycles. The van der Waals surface area contributed by atoms with Crippen LogP contribution in [-0.4, -0.2) is 29.2 Å². The summed E-state index contributed by atoms with van der Waals surface area (Å²) >= 11 is 6.36. The van der Waals surface area contributed by atoms with Crippen molar-refractivity contribution in [1.29, 1.82) is 0 Å². The standard InChI is InChI=1S/C12H13Br2NO5/c1-20-9(18)3-2-8(17)15-5-6-4-7(16)12(19)11(14)10(6)13/h4,16,19H,2-3,5H2,1H3,(H,15,17). The van der Waals surface area contributed by atoms with E-state index in [9.17, 15) is 19.8 Å². The molecule has 0 aromatic heterocycles. The molecule has 0 heterocycles. The average molecular weight is 411 g/mol. The summed E-state index contributed by atoms with van der Waals surface area (Å²) in [7, 11) is 1.26. The van der Waals surface area contributed by atoms with Crippen LogP contribution < -0.4 is 5.32 Å². The second-order valence-corrected chi connectivity index (χ2v) is 5.47. The molecule has 0 fully saturated rings. The number of esters is 1. The molecule has 6 nitrogen and oxygen atoms in total. The number of rotatable bonds is 5. The van der Waals surface area contributed by atoms with E-state index < -0.39 is 5.97 Å². The fourth-order valence-corrected chi connectivity index (χ4v) is 2.28. The number of carbonyl (C=O) groups excluding carboxylic acids is 2. The molecule has 0 bridgehead atoms. The smallest absolute Gasteiger partial charge is 0.306 e. The van der Waals surface area contributed by atoms with E-state index in [2.05, 4.69) is 41.9 Å². The summed E-state index contributed by atoms with van der Waals surface area (Å²) in [6, 6.07) is 1.34. The van der Waals surface area contributed by atoms with Crippen molar-refractivity contribution in [2.24, 2.45) is 0 Å². The number of aromatic hydroxyl groups is 2. The van der Waals surface area contributed by atoms with Crippen molar-refractivity contribution < 1.29 is 24.5 Å². The highest BCUT2D eigenvalue weighted by Gasteiger charge is 2.14. The molecule has 20 heavy (non-hydrogen) atoms. The second-order valence-electron chi connectivity index (χ2n) is 3.88. The van der Waals surface area contributed by atoms with Crippen molar-refractivity contribution in [2.75, 3.05) is 7.11 Å². The summed E-state index contributed by atoms with van der Waals surface area (Å²) in [5.41, 5.74) is 0.582. The Morgan fingerprint density at radius 3 is 2.50 bits per heavy atom. The van der Waals surface area contributed by atoms with E-state index >= 15 is 0 Å². The van der Waals surface area contributed by atoms with E-state index in [4.69, 9.17) is 0 Å².